The number of rotatable bonds is 7. The Balaban J connectivity index is 2.22. The van der Waals surface area contributed by atoms with Crippen molar-refractivity contribution in [2.75, 3.05) is 6.61 Å². The van der Waals surface area contributed by atoms with Crippen LogP contribution in [0.2, 0.25) is 0 Å². The number of nitrogens with zero attached hydrogens (tertiary/aromatic N) is 1. The number of aliphatic carboxylic acids is 1. The Hall–Kier alpha value is -2.05. The highest BCUT2D eigenvalue weighted by Crippen LogP contribution is 2.09. The molecule has 0 aliphatic heterocycles. The summed E-state index contributed by atoms with van der Waals surface area (Å²) in [6.45, 7) is 3.28. The molecule has 7 heteroatoms. The van der Waals surface area contributed by atoms with E-state index in [0.29, 0.717) is 12.2 Å². The van der Waals surface area contributed by atoms with Crippen molar-refractivity contribution in [1.29, 1.82) is 0 Å². The number of carboxylic acid groups (broad SMARTS) is 1. The molecule has 0 aromatic carbocycles. The van der Waals surface area contributed by atoms with Crippen LogP contribution in [0.25, 0.3) is 0 Å². The number of hydrogen-bond donors (Lipinski definition) is 2. The molecule has 1 atom stereocenters. The third kappa shape index (κ3) is 5.33. The summed E-state index contributed by atoms with van der Waals surface area (Å²) in [5, 5.41) is 14.7. The third-order valence-corrected chi connectivity index (χ3v) is 2.16. The predicted octanol–water partition coefficient (Wildman–Crippen LogP) is 0.731. The molecule has 1 unspecified atom stereocenters. The van der Waals surface area contributed by atoms with Gasteiger partial charge in [-0.3, -0.25) is 9.59 Å². The van der Waals surface area contributed by atoms with E-state index in [1.54, 1.807) is 19.9 Å². The molecular formula is C11H16N2O5. The van der Waals surface area contributed by atoms with E-state index in [1.807, 2.05) is 0 Å². The average Bonchev–Trinajstić information content (AvgIpc) is 2.70. The van der Waals surface area contributed by atoms with Crippen molar-refractivity contribution in [2.24, 2.45) is 0 Å². The van der Waals surface area contributed by atoms with E-state index < -0.39 is 5.97 Å². The molecule has 0 saturated carbocycles. The number of aryl methyl sites for hydroxylation is 1. The van der Waals surface area contributed by atoms with Crippen molar-refractivity contribution in [2.45, 2.75) is 32.7 Å². The van der Waals surface area contributed by atoms with Crippen LogP contribution in [0, 0.1) is 6.92 Å². The van der Waals surface area contributed by atoms with Gasteiger partial charge >= 0.3 is 5.97 Å². The van der Waals surface area contributed by atoms with Crippen LogP contribution >= 0.6 is 0 Å². The van der Waals surface area contributed by atoms with E-state index in [4.69, 9.17) is 14.4 Å². The first-order chi connectivity index (χ1) is 8.47. The Bertz CT molecular complexity index is 415. The molecule has 1 aromatic heterocycles. The highest BCUT2D eigenvalue weighted by atomic mass is 16.5. The summed E-state index contributed by atoms with van der Waals surface area (Å²) in [6, 6.07) is 1.36. The summed E-state index contributed by atoms with van der Waals surface area (Å²) in [6.07, 6.45) is 0.398. The standard InChI is InChI=1S/C11H16N2O5/c1-7(3-4-11(15)16)12-9(14)6-17-10-5-8(2)18-13-10/h5,7H,3-4,6H2,1-2H3,(H,12,14)(H,15,16). The molecule has 100 valence electrons. The molecular weight excluding hydrogens is 240 g/mol. The Kier molecular flexibility index (Phi) is 5.16. The summed E-state index contributed by atoms with van der Waals surface area (Å²) in [4.78, 5) is 21.8. The zero-order valence-electron chi connectivity index (χ0n) is 10.3. The molecule has 7 nitrogen and oxygen atoms in total. The van der Waals surface area contributed by atoms with Gasteiger partial charge in [-0.2, -0.15) is 0 Å². The van der Waals surface area contributed by atoms with Crippen LogP contribution in [0.4, 0.5) is 0 Å². The molecule has 0 spiro atoms. The fraction of sp³-hybridized carbons (Fsp3) is 0.545. The van der Waals surface area contributed by atoms with Crippen LogP contribution in [0.3, 0.4) is 0 Å². The maximum absolute atomic E-state index is 11.4. The van der Waals surface area contributed by atoms with Crippen molar-refractivity contribution < 1.29 is 24.0 Å². The van der Waals surface area contributed by atoms with Crippen LogP contribution in [0.5, 0.6) is 5.88 Å². The second kappa shape index (κ2) is 6.63. The van der Waals surface area contributed by atoms with Crippen LogP contribution in [-0.4, -0.2) is 34.8 Å². The van der Waals surface area contributed by atoms with Crippen LogP contribution in [0.1, 0.15) is 25.5 Å². The Morgan fingerprint density at radius 3 is 2.89 bits per heavy atom. The Morgan fingerprint density at radius 1 is 1.61 bits per heavy atom. The molecule has 18 heavy (non-hydrogen) atoms. The van der Waals surface area contributed by atoms with Gasteiger partial charge in [-0.25, -0.2) is 0 Å². The average molecular weight is 256 g/mol. The van der Waals surface area contributed by atoms with Crippen LogP contribution in [-0.2, 0) is 9.59 Å². The van der Waals surface area contributed by atoms with E-state index in [2.05, 4.69) is 10.5 Å². The summed E-state index contributed by atoms with van der Waals surface area (Å²) in [7, 11) is 0. The Labute approximate surface area is 104 Å². The van der Waals surface area contributed by atoms with Gasteiger partial charge in [-0.05, 0) is 25.4 Å². The lowest BCUT2D eigenvalue weighted by atomic mass is 10.2. The smallest absolute Gasteiger partial charge is 0.303 e. The molecule has 1 amide bonds. The van der Waals surface area contributed by atoms with Crippen LogP contribution in [0.15, 0.2) is 10.6 Å². The van der Waals surface area contributed by atoms with Crippen molar-refractivity contribution in [3.63, 3.8) is 0 Å². The van der Waals surface area contributed by atoms with Gasteiger partial charge in [0.05, 0.1) is 0 Å². The predicted molar refractivity (Wildman–Crippen MR) is 61.2 cm³/mol. The first-order valence-corrected chi connectivity index (χ1v) is 5.54. The minimum absolute atomic E-state index is 0.0186. The zero-order chi connectivity index (χ0) is 13.5. The fourth-order valence-electron chi connectivity index (χ4n) is 1.28. The maximum Gasteiger partial charge on any atom is 0.303 e. The SMILES string of the molecule is Cc1cc(OCC(=O)NC(C)CCC(=O)O)no1. The summed E-state index contributed by atoms with van der Waals surface area (Å²) in [5.41, 5.74) is 0. The van der Waals surface area contributed by atoms with Gasteiger partial charge in [0, 0.05) is 18.5 Å². The molecule has 0 saturated heterocycles. The lowest BCUT2D eigenvalue weighted by molar-refractivity contribution is -0.137. The quantitative estimate of drug-likeness (QED) is 0.745. The maximum atomic E-state index is 11.4. The van der Waals surface area contributed by atoms with Crippen molar-refractivity contribution in [1.82, 2.24) is 10.5 Å². The van der Waals surface area contributed by atoms with Gasteiger partial charge in [0.2, 0.25) is 0 Å². The number of hydrogen-bond acceptors (Lipinski definition) is 5. The van der Waals surface area contributed by atoms with E-state index >= 15 is 0 Å². The van der Waals surface area contributed by atoms with Gasteiger partial charge in [0.15, 0.2) is 6.61 Å². The van der Waals surface area contributed by atoms with Gasteiger partial charge in [0.1, 0.15) is 5.76 Å². The molecule has 0 bridgehead atoms. The zero-order valence-corrected chi connectivity index (χ0v) is 10.3. The van der Waals surface area contributed by atoms with E-state index in [1.165, 1.54) is 0 Å². The summed E-state index contributed by atoms with van der Waals surface area (Å²) >= 11 is 0. The molecule has 1 heterocycles. The molecule has 1 aromatic rings. The van der Waals surface area contributed by atoms with E-state index in [-0.39, 0.29) is 30.9 Å². The van der Waals surface area contributed by atoms with Crippen LogP contribution < -0.4 is 10.1 Å². The van der Waals surface area contributed by atoms with E-state index in [9.17, 15) is 9.59 Å². The van der Waals surface area contributed by atoms with Gasteiger partial charge < -0.3 is 19.7 Å². The van der Waals surface area contributed by atoms with Gasteiger partial charge in [0.25, 0.3) is 11.8 Å². The first-order valence-electron chi connectivity index (χ1n) is 5.54. The largest absolute Gasteiger partial charge is 0.481 e. The monoisotopic (exact) mass is 256 g/mol. The topological polar surface area (TPSA) is 102 Å². The lowest BCUT2D eigenvalue weighted by Gasteiger charge is -2.12. The number of ether oxygens (including phenoxy) is 1. The second-order valence-corrected chi connectivity index (χ2v) is 3.97. The Morgan fingerprint density at radius 2 is 2.33 bits per heavy atom. The van der Waals surface area contributed by atoms with Gasteiger partial charge in [-0.15, -0.1) is 0 Å². The molecule has 0 fully saturated rings. The lowest BCUT2D eigenvalue weighted by Crippen LogP contribution is -2.36. The summed E-state index contributed by atoms with van der Waals surface area (Å²) < 4.78 is 9.85. The molecule has 0 radical (unpaired) electrons. The number of amides is 1. The number of carbonyl (C=O) groups excluding carboxylic acids is 1. The van der Waals surface area contributed by atoms with Crippen molar-refractivity contribution in [3.05, 3.63) is 11.8 Å². The summed E-state index contributed by atoms with van der Waals surface area (Å²) in [5.74, 6) is -0.361. The molecule has 0 aliphatic rings. The number of nitrogens with one attached hydrogen (secondary N) is 1. The van der Waals surface area contributed by atoms with E-state index in [0.717, 1.165) is 0 Å². The normalized spacial score (nSPS) is 11.9. The number of carbonyl (C=O) groups is 2. The number of carboxylic acids is 1. The minimum atomic E-state index is -0.884. The fourth-order valence-corrected chi connectivity index (χ4v) is 1.28. The highest BCUT2D eigenvalue weighted by Gasteiger charge is 2.10. The highest BCUT2D eigenvalue weighted by molar-refractivity contribution is 5.77. The first kappa shape index (κ1) is 14.0. The molecule has 0 aliphatic carbocycles. The van der Waals surface area contributed by atoms with Crippen molar-refractivity contribution >= 4 is 11.9 Å². The minimum Gasteiger partial charge on any atom is -0.481 e. The molecule has 2 N–H and O–H groups in total. The third-order valence-electron chi connectivity index (χ3n) is 2.16. The molecule has 1 rings (SSSR count). The number of aromatic nitrogens is 1. The van der Waals surface area contributed by atoms with Crippen molar-refractivity contribution in [3.8, 4) is 5.88 Å². The second-order valence-electron chi connectivity index (χ2n) is 3.97. The van der Waals surface area contributed by atoms with Gasteiger partial charge in [-0.1, -0.05) is 0 Å².